The number of ketones is 1. The molecule has 3 heteroatoms. The number of hydrogen-bond donors (Lipinski definition) is 1. The number of carbonyl (C=O) groups is 1. The van der Waals surface area contributed by atoms with Crippen molar-refractivity contribution in [3.63, 3.8) is 0 Å². The summed E-state index contributed by atoms with van der Waals surface area (Å²) in [5.74, 6) is 0.976. The number of Topliss-reactive ketones (excluding diaryl/α,β-unsaturated/α-hetero) is 1. The molecule has 128 valence electrons. The molecule has 22 heavy (non-hydrogen) atoms. The van der Waals surface area contributed by atoms with Crippen molar-refractivity contribution in [3.8, 4) is 0 Å². The van der Waals surface area contributed by atoms with Crippen LogP contribution in [-0.2, 0) is 9.53 Å². The average Bonchev–Trinajstić information content (AvgIpc) is 2.61. The summed E-state index contributed by atoms with van der Waals surface area (Å²) in [6.07, 6.45) is 4.71. The Morgan fingerprint density at radius 3 is 2.00 bits per heavy atom. The molecule has 0 fully saturated rings. The Bertz CT molecular complexity index is 422. The summed E-state index contributed by atoms with van der Waals surface area (Å²) in [4.78, 5) is 11.9. The molecule has 1 aliphatic rings. The Labute approximate surface area is 136 Å². The molecule has 0 aromatic rings. The standard InChI is InChI=1S/C19H34O3/c1-8-12(2)9-13(3)10-14(4)11-15(5)17-16(6)18(20)19(7,21)22-17/h12-15,21H,8-11H2,1-7H3. The van der Waals surface area contributed by atoms with Gasteiger partial charge in [-0.3, -0.25) is 4.79 Å². The third kappa shape index (κ3) is 4.84. The van der Waals surface area contributed by atoms with Crippen LogP contribution in [0.2, 0.25) is 0 Å². The van der Waals surface area contributed by atoms with Crippen LogP contribution in [0, 0.1) is 23.7 Å². The molecule has 0 aromatic carbocycles. The summed E-state index contributed by atoms with van der Waals surface area (Å²) >= 11 is 0. The van der Waals surface area contributed by atoms with Crippen molar-refractivity contribution < 1.29 is 14.6 Å². The van der Waals surface area contributed by atoms with Crippen LogP contribution >= 0.6 is 0 Å². The maximum atomic E-state index is 11.9. The van der Waals surface area contributed by atoms with Gasteiger partial charge in [0.05, 0.1) is 0 Å². The third-order valence-electron chi connectivity index (χ3n) is 4.95. The predicted molar refractivity (Wildman–Crippen MR) is 90.2 cm³/mol. The van der Waals surface area contributed by atoms with E-state index in [9.17, 15) is 9.90 Å². The molecule has 0 spiro atoms. The fraction of sp³-hybridized carbons (Fsp3) is 0.842. The van der Waals surface area contributed by atoms with Crippen LogP contribution < -0.4 is 0 Å². The first kappa shape index (κ1) is 19.2. The van der Waals surface area contributed by atoms with E-state index in [0.717, 1.165) is 18.3 Å². The lowest BCUT2D eigenvalue weighted by atomic mass is 9.84. The van der Waals surface area contributed by atoms with Gasteiger partial charge < -0.3 is 9.84 Å². The van der Waals surface area contributed by atoms with Crippen LogP contribution in [0.15, 0.2) is 11.3 Å². The largest absolute Gasteiger partial charge is 0.459 e. The smallest absolute Gasteiger partial charge is 0.269 e. The molecule has 1 aliphatic heterocycles. The van der Waals surface area contributed by atoms with E-state index < -0.39 is 5.79 Å². The van der Waals surface area contributed by atoms with Crippen molar-refractivity contribution in [2.24, 2.45) is 23.7 Å². The summed E-state index contributed by atoms with van der Waals surface area (Å²) in [6, 6.07) is 0. The van der Waals surface area contributed by atoms with Crippen molar-refractivity contribution in [1.29, 1.82) is 0 Å². The SMILES string of the molecule is CCC(C)CC(C)CC(C)CC(C)C1=C(C)C(=O)C(C)(O)O1. The number of allylic oxidation sites excluding steroid dienone is 1. The first-order valence-corrected chi connectivity index (χ1v) is 8.75. The molecule has 0 saturated heterocycles. The lowest BCUT2D eigenvalue weighted by Crippen LogP contribution is -2.33. The minimum Gasteiger partial charge on any atom is -0.459 e. The van der Waals surface area contributed by atoms with Crippen LogP contribution in [0.4, 0.5) is 0 Å². The predicted octanol–water partition coefficient (Wildman–Crippen LogP) is 4.69. The minimum atomic E-state index is -1.67. The van der Waals surface area contributed by atoms with E-state index in [4.69, 9.17) is 4.74 Å². The van der Waals surface area contributed by atoms with Gasteiger partial charge in [-0.2, -0.15) is 0 Å². The van der Waals surface area contributed by atoms with Gasteiger partial charge in [0.15, 0.2) is 0 Å². The first-order chi connectivity index (χ1) is 10.1. The van der Waals surface area contributed by atoms with Crippen molar-refractivity contribution in [2.75, 3.05) is 0 Å². The summed E-state index contributed by atoms with van der Waals surface area (Å²) < 4.78 is 5.51. The van der Waals surface area contributed by atoms with Gasteiger partial charge in [0, 0.05) is 18.4 Å². The van der Waals surface area contributed by atoms with Crippen LogP contribution in [0.5, 0.6) is 0 Å². The maximum Gasteiger partial charge on any atom is 0.269 e. The lowest BCUT2D eigenvalue weighted by Gasteiger charge is -2.24. The van der Waals surface area contributed by atoms with Gasteiger partial charge in [-0.25, -0.2) is 0 Å². The number of carbonyl (C=O) groups excluding carboxylic acids is 1. The van der Waals surface area contributed by atoms with Gasteiger partial charge in [-0.1, -0.05) is 41.0 Å². The first-order valence-electron chi connectivity index (χ1n) is 8.75. The molecular formula is C19H34O3. The molecule has 0 aliphatic carbocycles. The normalized spacial score (nSPS) is 27.5. The molecule has 5 unspecified atom stereocenters. The molecular weight excluding hydrogens is 276 g/mol. The summed E-state index contributed by atoms with van der Waals surface area (Å²) in [6.45, 7) is 14.4. The zero-order chi connectivity index (χ0) is 17.1. The van der Waals surface area contributed by atoms with E-state index in [2.05, 4.69) is 34.6 Å². The summed E-state index contributed by atoms with van der Waals surface area (Å²) in [7, 11) is 0. The van der Waals surface area contributed by atoms with Gasteiger partial charge in [0.25, 0.3) is 5.79 Å². The van der Waals surface area contributed by atoms with Crippen LogP contribution in [0.1, 0.15) is 74.1 Å². The second-order valence-electron chi connectivity index (χ2n) is 7.74. The fourth-order valence-electron chi connectivity index (χ4n) is 3.71. The van der Waals surface area contributed by atoms with Gasteiger partial charge in [0.2, 0.25) is 5.78 Å². The van der Waals surface area contributed by atoms with E-state index >= 15 is 0 Å². The minimum absolute atomic E-state index is 0.170. The highest BCUT2D eigenvalue weighted by atomic mass is 16.6. The van der Waals surface area contributed by atoms with Gasteiger partial charge >= 0.3 is 0 Å². The lowest BCUT2D eigenvalue weighted by molar-refractivity contribution is -0.172. The molecule has 3 nitrogen and oxygen atoms in total. The molecule has 0 bridgehead atoms. The number of ether oxygens (including phenoxy) is 1. The van der Waals surface area contributed by atoms with Gasteiger partial charge in [-0.15, -0.1) is 0 Å². The van der Waals surface area contributed by atoms with E-state index in [-0.39, 0.29) is 11.7 Å². The number of rotatable bonds is 8. The average molecular weight is 310 g/mol. The Hall–Kier alpha value is -0.830. The molecule has 0 amide bonds. The van der Waals surface area contributed by atoms with Crippen molar-refractivity contribution in [1.82, 2.24) is 0 Å². The Morgan fingerprint density at radius 2 is 1.55 bits per heavy atom. The third-order valence-corrected chi connectivity index (χ3v) is 4.95. The Morgan fingerprint density at radius 1 is 1.05 bits per heavy atom. The topological polar surface area (TPSA) is 46.5 Å². The maximum absolute atomic E-state index is 11.9. The quantitative estimate of drug-likeness (QED) is 0.707. The molecule has 0 aromatic heterocycles. The highest BCUT2D eigenvalue weighted by Crippen LogP contribution is 2.36. The van der Waals surface area contributed by atoms with E-state index in [0.29, 0.717) is 17.3 Å². The van der Waals surface area contributed by atoms with Gasteiger partial charge in [-0.05, 0) is 43.9 Å². The molecule has 1 rings (SSSR count). The highest BCUT2D eigenvalue weighted by molar-refractivity contribution is 6.02. The zero-order valence-corrected chi connectivity index (χ0v) is 15.4. The fourth-order valence-corrected chi connectivity index (χ4v) is 3.71. The van der Waals surface area contributed by atoms with Crippen molar-refractivity contribution >= 4 is 5.78 Å². The van der Waals surface area contributed by atoms with Crippen LogP contribution in [0.3, 0.4) is 0 Å². The number of aliphatic hydroxyl groups is 1. The second kappa shape index (κ2) is 7.63. The van der Waals surface area contributed by atoms with Gasteiger partial charge in [0.1, 0.15) is 5.76 Å². The Kier molecular flexibility index (Phi) is 6.66. The van der Waals surface area contributed by atoms with Crippen molar-refractivity contribution in [2.45, 2.75) is 79.9 Å². The molecule has 1 N–H and O–H groups in total. The van der Waals surface area contributed by atoms with E-state index in [1.165, 1.54) is 26.2 Å². The van der Waals surface area contributed by atoms with Crippen LogP contribution in [0.25, 0.3) is 0 Å². The summed E-state index contributed by atoms with van der Waals surface area (Å²) in [5, 5.41) is 9.95. The molecule has 0 saturated carbocycles. The molecule has 1 heterocycles. The second-order valence-corrected chi connectivity index (χ2v) is 7.74. The van der Waals surface area contributed by atoms with E-state index in [1.54, 1.807) is 6.92 Å². The van der Waals surface area contributed by atoms with E-state index in [1.807, 2.05) is 0 Å². The number of hydrogen-bond acceptors (Lipinski definition) is 3. The van der Waals surface area contributed by atoms with Crippen LogP contribution in [-0.4, -0.2) is 16.7 Å². The monoisotopic (exact) mass is 310 g/mol. The Balaban J connectivity index is 2.55. The zero-order valence-electron chi connectivity index (χ0n) is 15.4. The summed E-state index contributed by atoms with van der Waals surface area (Å²) in [5.41, 5.74) is 0.581. The highest BCUT2D eigenvalue weighted by Gasteiger charge is 2.43. The molecule has 0 radical (unpaired) electrons. The van der Waals surface area contributed by atoms with Crippen molar-refractivity contribution in [3.05, 3.63) is 11.3 Å². The molecule has 5 atom stereocenters.